The molecular formula is C18H21BrN2O2. The van der Waals surface area contributed by atoms with Crippen molar-refractivity contribution in [1.82, 2.24) is 4.57 Å². The number of rotatable bonds is 4. The number of hydrogen-bond acceptors (Lipinski definition) is 2. The van der Waals surface area contributed by atoms with E-state index in [0.717, 1.165) is 31.8 Å². The zero-order valence-corrected chi connectivity index (χ0v) is 15.3. The summed E-state index contributed by atoms with van der Waals surface area (Å²) in [5.74, 6) is 0.927. The predicted molar refractivity (Wildman–Crippen MR) is 83.3 cm³/mol. The SMILES string of the molecule is CCCn1c2c([n+](CCC)c1C)C(=O)c1ccccc1C2=O.[Br-]. The van der Waals surface area contributed by atoms with E-state index in [0.29, 0.717) is 22.5 Å². The molecule has 122 valence electrons. The number of hydrogen-bond donors (Lipinski definition) is 0. The second-order valence-electron chi connectivity index (χ2n) is 5.75. The third-order valence-corrected chi connectivity index (χ3v) is 4.29. The van der Waals surface area contributed by atoms with E-state index in [4.69, 9.17) is 0 Å². The fourth-order valence-electron chi connectivity index (χ4n) is 3.31. The van der Waals surface area contributed by atoms with E-state index < -0.39 is 0 Å². The monoisotopic (exact) mass is 376 g/mol. The minimum atomic E-state index is -0.0309. The van der Waals surface area contributed by atoms with Crippen molar-refractivity contribution >= 4 is 11.6 Å². The first-order valence-corrected chi connectivity index (χ1v) is 7.93. The molecule has 0 saturated heterocycles. The lowest BCUT2D eigenvalue weighted by Crippen LogP contribution is -3.00. The second-order valence-corrected chi connectivity index (χ2v) is 5.75. The summed E-state index contributed by atoms with van der Waals surface area (Å²) in [6, 6.07) is 7.13. The summed E-state index contributed by atoms with van der Waals surface area (Å²) >= 11 is 0. The molecule has 5 heteroatoms. The van der Waals surface area contributed by atoms with Crippen LogP contribution >= 0.6 is 0 Å². The average molecular weight is 377 g/mol. The number of benzene rings is 1. The van der Waals surface area contributed by atoms with Gasteiger partial charge in [-0.25, -0.2) is 9.13 Å². The first-order valence-electron chi connectivity index (χ1n) is 7.93. The Bertz CT molecular complexity index is 715. The van der Waals surface area contributed by atoms with Gasteiger partial charge < -0.3 is 17.0 Å². The molecule has 0 unspecified atom stereocenters. The third-order valence-electron chi connectivity index (χ3n) is 4.29. The lowest BCUT2D eigenvalue weighted by molar-refractivity contribution is -0.704. The maximum absolute atomic E-state index is 12.9. The van der Waals surface area contributed by atoms with Crippen molar-refractivity contribution in [3.8, 4) is 0 Å². The number of imidazole rings is 1. The summed E-state index contributed by atoms with van der Waals surface area (Å²) in [4.78, 5) is 25.9. The molecule has 0 radical (unpaired) electrons. The van der Waals surface area contributed by atoms with Crippen molar-refractivity contribution < 1.29 is 31.1 Å². The fraction of sp³-hybridized carbons (Fsp3) is 0.389. The number of aromatic nitrogens is 2. The Balaban J connectivity index is 0.00000192. The molecule has 1 aliphatic rings. The Hall–Kier alpha value is -1.75. The van der Waals surface area contributed by atoms with Crippen molar-refractivity contribution in [3.05, 3.63) is 52.6 Å². The molecule has 0 bridgehead atoms. The van der Waals surface area contributed by atoms with Gasteiger partial charge in [0.15, 0.2) is 0 Å². The van der Waals surface area contributed by atoms with Crippen molar-refractivity contribution in [2.75, 3.05) is 0 Å². The van der Waals surface area contributed by atoms with Gasteiger partial charge in [0, 0.05) is 18.1 Å². The number of carbonyl (C=O) groups excluding carboxylic acids is 2. The molecule has 0 saturated carbocycles. The summed E-state index contributed by atoms with van der Waals surface area (Å²) in [5.41, 5.74) is 2.19. The number of halogens is 1. The molecule has 1 heterocycles. The number of carbonyl (C=O) groups is 2. The van der Waals surface area contributed by atoms with Crippen LogP contribution in [0.3, 0.4) is 0 Å². The Labute approximate surface area is 146 Å². The van der Waals surface area contributed by atoms with Gasteiger partial charge in [0.05, 0.1) is 13.1 Å². The number of ketones is 2. The summed E-state index contributed by atoms with van der Waals surface area (Å²) in [7, 11) is 0. The highest BCUT2D eigenvalue weighted by atomic mass is 79.9. The van der Waals surface area contributed by atoms with Crippen LogP contribution in [0, 0.1) is 6.92 Å². The van der Waals surface area contributed by atoms with Crippen molar-refractivity contribution in [3.63, 3.8) is 0 Å². The van der Waals surface area contributed by atoms with E-state index >= 15 is 0 Å². The number of fused-ring (bicyclic) bond motifs is 2. The fourth-order valence-corrected chi connectivity index (χ4v) is 3.31. The summed E-state index contributed by atoms with van der Waals surface area (Å²) in [6.45, 7) is 7.67. The molecule has 4 nitrogen and oxygen atoms in total. The van der Waals surface area contributed by atoms with E-state index in [1.807, 2.05) is 28.2 Å². The van der Waals surface area contributed by atoms with Crippen LogP contribution in [0.4, 0.5) is 0 Å². The Morgan fingerprint density at radius 1 is 1.00 bits per heavy atom. The van der Waals surface area contributed by atoms with Gasteiger partial charge in [-0.2, -0.15) is 0 Å². The molecule has 0 aliphatic heterocycles. The predicted octanol–water partition coefficient (Wildman–Crippen LogP) is -0.317. The summed E-state index contributed by atoms with van der Waals surface area (Å²) in [5, 5.41) is 0. The average Bonchev–Trinajstić information content (AvgIpc) is 2.80. The smallest absolute Gasteiger partial charge is 0.254 e. The number of nitrogens with zero attached hydrogens (tertiary/aromatic N) is 2. The lowest BCUT2D eigenvalue weighted by atomic mass is 9.90. The van der Waals surface area contributed by atoms with E-state index in [-0.39, 0.29) is 28.5 Å². The van der Waals surface area contributed by atoms with Gasteiger partial charge in [0.2, 0.25) is 23.0 Å². The van der Waals surface area contributed by atoms with Crippen LogP contribution in [0.15, 0.2) is 24.3 Å². The van der Waals surface area contributed by atoms with Crippen LogP contribution in [0.25, 0.3) is 0 Å². The molecule has 0 amide bonds. The largest absolute Gasteiger partial charge is 1.00 e. The highest BCUT2D eigenvalue weighted by molar-refractivity contribution is 6.26. The Kier molecular flexibility index (Phi) is 5.19. The third kappa shape index (κ3) is 2.57. The Morgan fingerprint density at radius 2 is 1.61 bits per heavy atom. The van der Waals surface area contributed by atoms with Crippen molar-refractivity contribution in [2.24, 2.45) is 0 Å². The highest BCUT2D eigenvalue weighted by Crippen LogP contribution is 2.27. The van der Waals surface area contributed by atoms with Gasteiger partial charge in [-0.15, -0.1) is 0 Å². The van der Waals surface area contributed by atoms with E-state index in [1.54, 1.807) is 12.1 Å². The molecule has 3 rings (SSSR count). The second kappa shape index (κ2) is 6.79. The van der Waals surface area contributed by atoms with Crippen LogP contribution in [0.2, 0.25) is 0 Å². The summed E-state index contributed by atoms with van der Waals surface area (Å²) < 4.78 is 4.03. The molecular weight excluding hydrogens is 356 g/mol. The topological polar surface area (TPSA) is 43.0 Å². The zero-order chi connectivity index (χ0) is 15.9. The summed E-state index contributed by atoms with van der Waals surface area (Å²) in [6.07, 6.45) is 1.86. The van der Waals surface area contributed by atoms with Gasteiger partial charge in [-0.3, -0.25) is 9.59 Å². The first kappa shape index (κ1) is 17.6. The minimum Gasteiger partial charge on any atom is -1.00 e. The highest BCUT2D eigenvalue weighted by Gasteiger charge is 2.42. The van der Waals surface area contributed by atoms with E-state index in [2.05, 4.69) is 13.8 Å². The standard InChI is InChI=1S/C18H21N2O2.BrH/c1-4-10-19-12(3)20(11-5-2)16-15(19)17(21)13-8-6-7-9-14(13)18(16)22;/h6-9H,4-5,10-11H2,1-3H3;1H/q+1;/p-1. The van der Waals surface area contributed by atoms with Gasteiger partial charge in [-0.05, 0) is 12.8 Å². The van der Waals surface area contributed by atoms with Crippen LogP contribution in [-0.2, 0) is 13.1 Å². The van der Waals surface area contributed by atoms with Crippen molar-refractivity contribution in [1.29, 1.82) is 0 Å². The molecule has 0 spiro atoms. The van der Waals surface area contributed by atoms with Crippen LogP contribution in [0.5, 0.6) is 0 Å². The molecule has 1 aromatic heterocycles. The van der Waals surface area contributed by atoms with Crippen LogP contribution in [0.1, 0.15) is 64.6 Å². The Morgan fingerprint density at radius 3 is 2.17 bits per heavy atom. The molecule has 0 fully saturated rings. The molecule has 23 heavy (non-hydrogen) atoms. The van der Waals surface area contributed by atoms with E-state index in [1.165, 1.54) is 0 Å². The lowest BCUT2D eigenvalue weighted by Gasteiger charge is -2.12. The molecule has 1 aliphatic carbocycles. The van der Waals surface area contributed by atoms with E-state index in [9.17, 15) is 9.59 Å². The molecule has 1 aromatic carbocycles. The quantitative estimate of drug-likeness (QED) is 0.586. The first-order chi connectivity index (χ1) is 10.6. The normalized spacial score (nSPS) is 12.7. The van der Waals surface area contributed by atoms with Crippen molar-refractivity contribution in [2.45, 2.75) is 46.7 Å². The van der Waals surface area contributed by atoms with Crippen LogP contribution in [-0.4, -0.2) is 16.1 Å². The van der Waals surface area contributed by atoms with Gasteiger partial charge in [0.1, 0.15) is 0 Å². The zero-order valence-electron chi connectivity index (χ0n) is 13.7. The van der Waals surface area contributed by atoms with Gasteiger partial charge >= 0.3 is 0 Å². The van der Waals surface area contributed by atoms with Gasteiger partial charge in [0.25, 0.3) is 5.82 Å². The van der Waals surface area contributed by atoms with Crippen LogP contribution < -0.4 is 21.5 Å². The minimum absolute atomic E-state index is 0. The molecule has 2 aromatic rings. The van der Waals surface area contributed by atoms with Gasteiger partial charge in [-0.1, -0.05) is 38.1 Å². The maximum Gasteiger partial charge on any atom is 0.254 e. The molecule has 0 N–H and O–H groups in total. The molecule has 0 atom stereocenters. The maximum atomic E-state index is 12.9.